The first-order chi connectivity index (χ1) is 9.27. The molecule has 0 saturated carbocycles. The Kier molecular flexibility index (Phi) is 4.06. The zero-order valence-corrected chi connectivity index (χ0v) is 11.3. The molecule has 3 nitrogen and oxygen atoms in total. The van der Waals surface area contributed by atoms with Crippen LogP contribution in [0.2, 0.25) is 10.0 Å². The van der Waals surface area contributed by atoms with Gasteiger partial charge in [0.15, 0.2) is 0 Å². The lowest BCUT2D eigenvalue weighted by Crippen LogP contribution is -2.22. The van der Waals surface area contributed by atoms with Crippen LogP contribution in [0.5, 0.6) is 0 Å². The van der Waals surface area contributed by atoms with Gasteiger partial charge < -0.3 is 0 Å². The molecule has 0 N–H and O–H groups in total. The summed E-state index contributed by atoms with van der Waals surface area (Å²) >= 11 is 11.7. The highest BCUT2D eigenvalue weighted by molar-refractivity contribution is 6.33. The predicted molar refractivity (Wildman–Crippen MR) is 68.2 cm³/mol. The van der Waals surface area contributed by atoms with Gasteiger partial charge in [0.2, 0.25) is 0 Å². The van der Waals surface area contributed by atoms with Gasteiger partial charge in [-0.25, -0.2) is 0 Å². The van der Waals surface area contributed by atoms with Gasteiger partial charge in [0.1, 0.15) is 0 Å². The second-order valence-corrected chi connectivity index (χ2v) is 4.83. The summed E-state index contributed by atoms with van der Waals surface area (Å²) < 4.78 is 38.0. The van der Waals surface area contributed by atoms with Gasteiger partial charge in [0.05, 0.1) is 18.3 Å². The van der Waals surface area contributed by atoms with Crippen LogP contribution in [-0.2, 0) is 6.54 Å². The fourth-order valence-electron chi connectivity index (χ4n) is 1.57. The number of ketones is 1. The second kappa shape index (κ2) is 5.46. The maximum atomic E-state index is 12.3. The Bertz CT molecular complexity index is 652. The number of rotatable bonds is 3. The first-order valence-corrected chi connectivity index (χ1v) is 6.11. The van der Waals surface area contributed by atoms with Crippen molar-refractivity contribution in [3.8, 4) is 0 Å². The summed E-state index contributed by atoms with van der Waals surface area (Å²) in [5.74, 6) is -1.93. The molecule has 1 aromatic carbocycles. The van der Waals surface area contributed by atoms with Gasteiger partial charge in [0.25, 0.3) is 5.78 Å². The number of carbonyl (C=O) groups excluding carboxylic acids is 1. The van der Waals surface area contributed by atoms with Crippen LogP contribution in [0, 0.1) is 0 Å². The topological polar surface area (TPSA) is 34.9 Å². The van der Waals surface area contributed by atoms with Gasteiger partial charge >= 0.3 is 6.18 Å². The van der Waals surface area contributed by atoms with Crippen LogP contribution < -0.4 is 0 Å². The van der Waals surface area contributed by atoms with Crippen LogP contribution in [0.4, 0.5) is 13.2 Å². The van der Waals surface area contributed by atoms with E-state index >= 15 is 0 Å². The molecule has 0 saturated heterocycles. The van der Waals surface area contributed by atoms with Crippen molar-refractivity contribution < 1.29 is 18.0 Å². The second-order valence-electron chi connectivity index (χ2n) is 3.99. The van der Waals surface area contributed by atoms with Gasteiger partial charge in [0, 0.05) is 16.2 Å². The molecule has 0 aliphatic heterocycles. The lowest BCUT2D eigenvalue weighted by molar-refractivity contribution is -0.0885. The third-order valence-corrected chi connectivity index (χ3v) is 3.10. The summed E-state index contributed by atoms with van der Waals surface area (Å²) in [5.41, 5.74) is 0.0731. The van der Waals surface area contributed by atoms with E-state index in [2.05, 4.69) is 5.10 Å². The standard InChI is InChI=1S/C12H7Cl2F3N2O/c13-9-1-2-10(14)7(3-9)5-19-6-8(4-18-19)11(20)12(15,16)17/h1-4,6H,5H2. The van der Waals surface area contributed by atoms with Crippen LogP contribution in [0.25, 0.3) is 0 Å². The minimum Gasteiger partial charge on any atom is -0.284 e. The minimum absolute atomic E-state index is 0.116. The van der Waals surface area contributed by atoms with Gasteiger partial charge in [-0.2, -0.15) is 18.3 Å². The number of nitrogens with zero attached hydrogens (tertiary/aromatic N) is 2. The van der Waals surface area contributed by atoms with Crippen LogP contribution >= 0.6 is 23.2 Å². The quantitative estimate of drug-likeness (QED) is 0.801. The highest BCUT2D eigenvalue weighted by Crippen LogP contribution is 2.23. The van der Waals surface area contributed by atoms with Crippen LogP contribution in [0.15, 0.2) is 30.6 Å². The first kappa shape index (κ1) is 14.9. The largest absolute Gasteiger partial charge is 0.454 e. The first-order valence-electron chi connectivity index (χ1n) is 5.35. The number of alkyl halides is 3. The van der Waals surface area contributed by atoms with E-state index in [9.17, 15) is 18.0 Å². The molecule has 0 unspecified atom stereocenters. The Morgan fingerprint density at radius 3 is 2.65 bits per heavy atom. The van der Waals surface area contributed by atoms with Crippen LogP contribution in [0.3, 0.4) is 0 Å². The van der Waals surface area contributed by atoms with E-state index in [4.69, 9.17) is 23.2 Å². The van der Waals surface area contributed by atoms with E-state index in [0.29, 0.717) is 15.6 Å². The van der Waals surface area contributed by atoms with E-state index in [1.165, 1.54) is 4.68 Å². The molecule has 0 radical (unpaired) electrons. The van der Waals surface area contributed by atoms with E-state index in [1.807, 2.05) is 0 Å². The van der Waals surface area contributed by atoms with Crippen molar-refractivity contribution >= 4 is 29.0 Å². The molecular weight excluding hydrogens is 316 g/mol. The number of carbonyl (C=O) groups is 1. The third kappa shape index (κ3) is 3.32. The van der Waals surface area contributed by atoms with E-state index in [0.717, 1.165) is 12.4 Å². The molecule has 0 atom stereocenters. The van der Waals surface area contributed by atoms with Crippen molar-refractivity contribution in [2.75, 3.05) is 0 Å². The normalized spacial score (nSPS) is 11.7. The highest BCUT2D eigenvalue weighted by Gasteiger charge is 2.39. The third-order valence-electron chi connectivity index (χ3n) is 2.49. The van der Waals surface area contributed by atoms with Crippen LogP contribution in [0.1, 0.15) is 15.9 Å². The van der Waals surface area contributed by atoms with Crippen molar-refractivity contribution in [2.24, 2.45) is 0 Å². The van der Waals surface area contributed by atoms with Crippen molar-refractivity contribution in [3.63, 3.8) is 0 Å². The predicted octanol–water partition coefficient (Wildman–Crippen LogP) is 3.98. The molecular formula is C12H7Cl2F3N2O. The van der Waals surface area contributed by atoms with E-state index in [-0.39, 0.29) is 6.54 Å². The molecule has 0 bridgehead atoms. The maximum absolute atomic E-state index is 12.3. The Hall–Kier alpha value is -1.53. The fraction of sp³-hybridized carbons (Fsp3) is 0.167. The molecule has 0 spiro atoms. The van der Waals surface area contributed by atoms with Gasteiger partial charge in [-0.1, -0.05) is 23.2 Å². The zero-order valence-electron chi connectivity index (χ0n) is 9.79. The van der Waals surface area contributed by atoms with Gasteiger partial charge in [-0.05, 0) is 23.8 Å². The molecule has 0 aliphatic carbocycles. The lowest BCUT2D eigenvalue weighted by atomic mass is 10.2. The highest BCUT2D eigenvalue weighted by atomic mass is 35.5. The Labute approximate surface area is 121 Å². The summed E-state index contributed by atoms with van der Waals surface area (Å²) in [5, 5.41) is 4.57. The molecule has 20 heavy (non-hydrogen) atoms. The number of Topliss-reactive ketones (excluding diaryl/α,β-unsaturated/α-hetero) is 1. The summed E-state index contributed by atoms with van der Waals surface area (Å²) in [4.78, 5) is 11.0. The molecule has 106 valence electrons. The summed E-state index contributed by atoms with van der Waals surface area (Å²) in [6.07, 6.45) is -3.02. The molecule has 0 fully saturated rings. The fourth-order valence-corrected chi connectivity index (χ4v) is 1.94. The molecule has 0 amide bonds. The van der Waals surface area contributed by atoms with Crippen LogP contribution in [-0.4, -0.2) is 21.7 Å². The summed E-state index contributed by atoms with van der Waals surface area (Å²) in [7, 11) is 0. The molecule has 0 aliphatic rings. The summed E-state index contributed by atoms with van der Waals surface area (Å²) in [6, 6.07) is 4.75. The molecule has 1 heterocycles. The Morgan fingerprint density at radius 2 is 2.00 bits per heavy atom. The van der Waals surface area contributed by atoms with E-state index < -0.39 is 17.5 Å². The van der Waals surface area contributed by atoms with Gasteiger partial charge in [-0.3, -0.25) is 9.48 Å². The molecule has 2 aromatic rings. The maximum Gasteiger partial charge on any atom is 0.454 e. The zero-order chi connectivity index (χ0) is 14.9. The lowest BCUT2D eigenvalue weighted by Gasteiger charge is -2.05. The molecule has 2 rings (SSSR count). The Morgan fingerprint density at radius 1 is 1.30 bits per heavy atom. The smallest absolute Gasteiger partial charge is 0.284 e. The number of halogens is 5. The monoisotopic (exact) mass is 322 g/mol. The Balaban J connectivity index is 2.22. The minimum atomic E-state index is -4.92. The number of hydrogen-bond acceptors (Lipinski definition) is 2. The number of hydrogen-bond donors (Lipinski definition) is 0. The average Bonchev–Trinajstić information content (AvgIpc) is 2.80. The van der Waals surface area contributed by atoms with Gasteiger partial charge in [-0.15, -0.1) is 0 Å². The number of aromatic nitrogens is 2. The number of benzene rings is 1. The SMILES string of the molecule is O=C(c1cnn(Cc2cc(Cl)ccc2Cl)c1)C(F)(F)F. The van der Waals surface area contributed by atoms with Crippen molar-refractivity contribution in [1.82, 2.24) is 9.78 Å². The average molecular weight is 323 g/mol. The molecule has 8 heteroatoms. The van der Waals surface area contributed by atoms with Crippen molar-refractivity contribution in [3.05, 3.63) is 51.8 Å². The van der Waals surface area contributed by atoms with Crippen molar-refractivity contribution in [2.45, 2.75) is 12.7 Å². The van der Waals surface area contributed by atoms with E-state index in [1.54, 1.807) is 18.2 Å². The molecule has 1 aromatic heterocycles. The summed E-state index contributed by atoms with van der Waals surface area (Å²) in [6.45, 7) is 0.116. The van der Waals surface area contributed by atoms with Crippen molar-refractivity contribution in [1.29, 1.82) is 0 Å².